The number of nitrogens with zero attached hydrogens (tertiary/aromatic N) is 1. The lowest BCUT2D eigenvalue weighted by Gasteiger charge is -2.07. The van der Waals surface area contributed by atoms with E-state index in [9.17, 15) is 0 Å². The first kappa shape index (κ1) is 12.4. The molecule has 0 bridgehead atoms. The summed E-state index contributed by atoms with van der Waals surface area (Å²) < 4.78 is 0. The van der Waals surface area contributed by atoms with E-state index in [1.54, 1.807) is 22.7 Å². The molecule has 0 aliphatic rings. The molecule has 0 fully saturated rings. The topological polar surface area (TPSA) is 24.9 Å². The summed E-state index contributed by atoms with van der Waals surface area (Å²) in [6, 6.07) is 10.6. The standard InChI is InChI=1S/C15H14N2S2/c1-11-5-7-18-14(11)10-17-13-4-2-3-12(9-13)15-16-6-8-19-15/h2-9,17H,10H2,1H3. The average molecular weight is 286 g/mol. The zero-order valence-electron chi connectivity index (χ0n) is 10.6. The number of benzene rings is 1. The minimum absolute atomic E-state index is 0.880. The van der Waals surface area contributed by atoms with Crippen LogP contribution < -0.4 is 5.32 Å². The second-order valence-electron chi connectivity index (χ2n) is 4.30. The van der Waals surface area contributed by atoms with Crippen molar-refractivity contribution in [3.63, 3.8) is 0 Å². The van der Waals surface area contributed by atoms with E-state index in [4.69, 9.17) is 0 Å². The number of aryl methyl sites for hydroxylation is 1. The Morgan fingerprint density at radius 2 is 2.11 bits per heavy atom. The number of hydrogen-bond acceptors (Lipinski definition) is 4. The Bertz CT molecular complexity index is 656. The molecule has 0 radical (unpaired) electrons. The van der Waals surface area contributed by atoms with Crippen molar-refractivity contribution in [2.24, 2.45) is 0 Å². The highest BCUT2D eigenvalue weighted by molar-refractivity contribution is 7.13. The third-order valence-corrected chi connectivity index (χ3v) is 4.81. The second-order valence-corrected chi connectivity index (χ2v) is 6.19. The summed E-state index contributed by atoms with van der Waals surface area (Å²) in [7, 11) is 0. The predicted octanol–water partition coefficient (Wildman–Crippen LogP) is 4.79. The van der Waals surface area contributed by atoms with Crippen molar-refractivity contribution in [1.82, 2.24) is 4.98 Å². The molecular weight excluding hydrogens is 272 g/mol. The van der Waals surface area contributed by atoms with E-state index >= 15 is 0 Å². The maximum atomic E-state index is 4.34. The van der Waals surface area contributed by atoms with Crippen LogP contribution in [0.2, 0.25) is 0 Å². The van der Waals surface area contributed by atoms with Gasteiger partial charge in [-0.25, -0.2) is 4.98 Å². The SMILES string of the molecule is Cc1ccsc1CNc1cccc(-c2nccs2)c1. The molecule has 0 unspecified atom stereocenters. The van der Waals surface area contributed by atoms with Crippen LogP contribution in [-0.4, -0.2) is 4.98 Å². The number of nitrogens with one attached hydrogen (secondary N) is 1. The van der Waals surface area contributed by atoms with Crippen molar-refractivity contribution in [2.75, 3.05) is 5.32 Å². The Kier molecular flexibility index (Phi) is 3.62. The van der Waals surface area contributed by atoms with E-state index in [1.807, 2.05) is 11.6 Å². The number of rotatable bonds is 4. The summed E-state index contributed by atoms with van der Waals surface area (Å²) in [6.45, 7) is 3.03. The lowest BCUT2D eigenvalue weighted by atomic mass is 10.2. The molecule has 0 spiro atoms. The van der Waals surface area contributed by atoms with E-state index in [0.717, 1.165) is 17.2 Å². The maximum Gasteiger partial charge on any atom is 0.123 e. The van der Waals surface area contributed by atoms with Gasteiger partial charge in [0, 0.05) is 34.2 Å². The quantitative estimate of drug-likeness (QED) is 0.745. The molecule has 2 heterocycles. The Hall–Kier alpha value is -1.65. The molecule has 4 heteroatoms. The van der Waals surface area contributed by atoms with E-state index in [1.165, 1.54) is 16.0 Å². The van der Waals surface area contributed by atoms with Gasteiger partial charge in [-0.05, 0) is 36.1 Å². The Balaban J connectivity index is 1.75. The third-order valence-electron chi connectivity index (χ3n) is 2.96. The molecule has 0 atom stereocenters. The molecule has 19 heavy (non-hydrogen) atoms. The van der Waals surface area contributed by atoms with Gasteiger partial charge in [0.05, 0.1) is 0 Å². The Morgan fingerprint density at radius 3 is 2.84 bits per heavy atom. The van der Waals surface area contributed by atoms with Crippen molar-refractivity contribution >= 4 is 28.4 Å². The van der Waals surface area contributed by atoms with Crippen LogP contribution in [0.5, 0.6) is 0 Å². The molecule has 0 saturated carbocycles. The Labute approximate surface area is 120 Å². The Morgan fingerprint density at radius 1 is 1.16 bits per heavy atom. The molecule has 0 amide bonds. The molecule has 1 aromatic carbocycles. The van der Waals surface area contributed by atoms with E-state index in [-0.39, 0.29) is 0 Å². The molecule has 0 aliphatic carbocycles. The summed E-state index contributed by atoms with van der Waals surface area (Å²) >= 11 is 3.46. The highest BCUT2D eigenvalue weighted by Gasteiger charge is 2.03. The van der Waals surface area contributed by atoms with Crippen LogP contribution in [0.3, 0.4) is 0 Å². The number of thiophene rings is 1. The molecule has 2 aromatic heterocycles. The molecular formula is C15H14N2S2. The van der Waals surface area contributed by atoms with E-state index < -0.39 is 0 Å². The highest BCUT2D eigenvalue weighted by atomic mass is 32.1. The van der Waals surface area contributed by atoms with Gasteiger partial charge in [-0.2, -0.15) is 0 Å². The summed E-state index contributed by atoms with van der Waals surface area (Å²) in [5.41, 5.74) is 3.66. The van der Waals surface area contributed by atoms with Crippen molar-refractivity contribution < 1.29 is 0 Å². The van der Waals surface area contributed by atoms with Crippen LogP contribution in [0.1, 0.15) is 10.4 Å². The van der Waals surface area contributed by atoms with Gasteiger partial charge < -0.3 is 5.32 Å². The van der Waals surface area contributed by atoms with Gasteiger partial charge in [-0.3, -0.25) is 0 Å². The minimum atomic E-state index is 0.880. The molecule has 3 rings (SSSR count). The summed E-state index contributed by atoms with van der Waals surface area (Å²) in [6.07, 6.45) is 1.84. The molecule has 96 valence electrons. The minimum Gasteiger partial charge on any atom is -0.380 e. The molecule has 0 saturated heterocycles. The zero-order valence-corrected chi connectivity index (χ0v) is 12.2. The summed E-state index contributed by atoms with van der Waals surface area (Å²) in [4.78, 5) is 5.73. The van der Waals surface area contributed by atoms with Crippen LogP contribution in [0.15, 0.2) is 47.3 Å². The van der Waals surface area contributed by atoms with Gasteiger partial charge in [0.25, 0.3) is 0 Å². The lowest BCUT2D eigenvalue weighted by Crippen LogP contribution is -1.98. The average Bonchev–Trinajstić information content (AvgIpc) is 3.08. The smallest absolute Gasteiger partial charge is 0.123 e. The van der Waals surface area contributed by atoms with Gasteiger partial charge in [0.15, 0.2) is 0 Å². The van der Waals surface area contributed by atoms with Crippen molar-refractivity contribution in [3.8, 4) is 10.6 Å². The zero-order chi connectivity index (χ0) is 13.1. The third kappa shape index (κ3) is 2.85. The number of anilines is 1. The van der Waals surface area contributed by atoms with Crippen LogP contribution in [0, 0.1) is 6.92 Å². The first-order valence-electron chi connectivity index (χ1n) is 6.10. The van der Waals surface area contributed by atoms with Gasteiger partial charge in [0.2, 0.25) is 0 Å². The fourth-order valence-corrected chi connectivity index (χ4v) is 3.38. The maximum absolute atomic E-state index is 4.34. The molecule has 1 N–H and O–H groups in total. The van der Waals surface area contributed by atoms with E-state index in [2.05, 4.69) is 52.9 Å². The molecule has 3 aromatic rings. The first-order chi connectivity index (χ1) is 9.33. The largest absolute Gasteiger partial charge is 0.380 e. The lowest BCUT2D eigenvalue weighted by molar-refractivity contribution is 1.17. The van der Waals surface area contributed by atoms with Gasteiger partial charge in [-0.15, -0.1) is 22.7 Å². The van der Waals surface area contributed by atoms with E-state index in [0.29, 0.717) is 0 Å². The monoisotopic (exact) mass is 286 g/mol. The van der Waals surface area contributed by atoms with Crippen LogP contribution >= 0.6 is 22.7 Å². The number of aromatic nitrogens is 1. The van der Waals surface area contributed by atoms with Crippen LogP contribution in [0.4, 0.5) is 5.69 Å². The number of thiazole rings is 1. The summed E-state index contributed by atoms with van der Waals surface area (Å²) in [5.74, 6) is 0. The van der Waals surface area contributed by atoms with Crippen molar-refractivity contribution in [2.45, 2.75) is 13.5 Å². The second kappa shape index (κ2) is 5.55. The van der Waals surface area contributed by atoms with Crippen LogP contribution in [-0.2, 0) is 6.54 Å². The molecule has 0 aliphatic heterocycles. The highest BCUT2D eigenvalue weighted by Crippen LogP contribution is 2.25. The molecule has 2 nitrogen and oxygen atoms in total. The van der Waals surface area contributed by atoms with Crippen molar-refractivity contribution in [3.05, 3.63) is 57.7 Å². The fraction of sp³-hybridized carbons (Fsp3) is 0.133. The van der Waals surface area contributed by atoms with Gasteiger partial charge >= 0.3 is 0 Å². The van der Waals surface area contributed by atoms with Crippen molar-refractivity contribution in [1.29, 1.82) is 0 Å². The first-order valence-corrected chi connectivity index (χ1v) is 7.85. The fourth-order valence-electron chi connectivity index (χ4n) is 1.90. The summed E-state index contributed by atoms with van der Waals surface area (Å²) in [5, 5.41) is 8.68. The van der Waals surface area contributed by atoms with Gasteiger partial charge in [-0.1, -0.05) is 12.1 Å². The van der Waals surface area contributed by atoms with Gasteiger partial charge in [0.1, 0.15) is 5.01 Å². The van der Waals surface area contributed by atoms with Crippen LogP contribution in [0.25, 0.3) is 10.6 Å². The normalized spacial score (nSPS) is 10.6. The predicted molar refractivity (Wildman–Crippen MR) is 83.9 cm³/mol. The number of hydrogen-bond donors (Lipinski definition) is 1.